The number of anilines is 2. The minimum absolute atomic E-state index is 0.0687. The topological polar surface area (TPSA) is 92.5 Å². The Bertz CT molecular complexity index is 1390. The van der Waals surface area contributed by atoms with Crippen LogP contribution in [0.25, 0.3) is 11.1 Å². The maximum absolute atomic E-state index is 10.4. The molecule has 4 heteroatoms. The molecule has 0 fully saturated rings. The third-order valence-electron chi connectivity index (χ3n) is 6.75. The Balaban J connectivity index is 2.04. The van der Waals surface area contributed by atoms with Crippen LogP contribution >= 0.6 is 0 Å². The van der Waals surface area contributed by atoms with E-state index in [4.69, 9.17) is 17.9 Å². The predicted octanol–water partition coefficient (Wildman–Crippen LogP) is 5.22. The van der Waals surface area contributed by atoms with Gasteiger partial charge < -0.3 is 21.7 Å². The van der Waals surface area contributed by atoms with Crippen molar-refractivity contribution in [2.45, 2.75) is 19.3 Å². The van der Waals surface area contributed by atoms with Crippen LogP contribution in [0.4, 0.5) is 11.4 Å². The average molecular weight is 433 g/mol. The van der Waals surface area contributed by atoms with Crippen LogP contribution in [0.3, 0.4) is 0 Å². The number of hydrogen-bond donors (Lipinski definition) is 4. The summed E-state index contributed by atoms with van der Waals surface area (Å²) < 4.78 is 0. The molecule has 0 atom stereocenters. The molecule has 0 unspecified atom stereocenters. The third kappa shape index (κ3) is 2.66. The normalized spacial score (nSPS) is 13.2. The van der Waals surface area contributed by atoms with Gasteiger partial charge in [-0.25, -0.2) is 0 Å². The molecule has 0 aliphatic heterocycles. The molecule has 1 aliphatic carbocycles. The summed E-state index contributed by atoms with van der Waals surface area (Å²) in [6.45, 7) is 3.66. The molecule has 0 spiro atoms. The number of phenolic OH excluding ortho intramolecular Hbond substituents is 2. The number of aromatic hydroxyl groups is 2. The largest absolute Gasteiger partial charge is 0.506 e. The van der Waals surface area contributed by atoms with E-state index in [1.165, 1.54) is 0 Å². The number of fused-ring (bicyclic) bond motifs is 3. The second-order valence-corrected chi connectivity index (χ2v) is 8.63. The fraction of sp³-hybridized carbons (Fsp3) is 0.103. The Morgan fingerprint density at radius 3 is 1.85 bits per heavy atom. The van der Waals surface area contributed by atoms with Crippen molar-refractivity contribution in [3.05, 3.63) is 106 Å². The molecule has 0 heterocycles. The van der Waals surface area contributed by atoms with E-state index in [9.17, 15) is 10.2 Å². The van der Waals surface area contributed by atoms with Gasteiger partial charge in [-0.05, 0) is 71.0 Å². The van der Waals surface area contributed by atoms with Crippen LogP contribution in [-0.2, 0) is 5.41 Å². The number of aryl methyl sites for hydroxylation is 2. The number of nitrogens with two attached hydrogens (primary N) is 2. The van der Waals surface area contributed by atoms with Gasteiger partial charge >= 0.3 is 0 Å². The second kappa shape index (κ2) is 7.08. The average Bonchev–Trinajstić information content (AvgIpc) is 3.12. The van der Waals surface area contributed by atoms with Crippen LogP contribution in [-0.4, -0.2) is 10.2 Å². The predicted molar refractivity (Wildman–Crippen MR) is 133 cm³/mol. The summed E-state index contributed by atoms with van der Waals surface area (Å²) in [6, 6.07) is 21.7. The molecule has 0 bridgehead atoms. The van der Waals surface area contributed by atoms with Gasteiger partial charge in [0.25, 0.3) is 0 Å². The zero-order valence-corrected chi connectivity index (χ0v) is 18.5. The van der Waals surface area contributed by atoms with Gasteiger partial charge in [0.05, 0.1) is 16.8 Å². The van der Waals surface area contributed by atoms with E-state index in [2.05, 4.69) is 24.1 Å². The number of nitrogen functional groups attached to an aromatic ring is 2. The van der Waals surface area contributed by atoms with Crippen molar-refractivity contribution in [3.8, 4) is 35.0 Å². The zero-order chi connectivity index (χ0) is 23.5. The van der Waals surface area contributed by atoms with Gasteiger partial charge in [-0.3, -0.25) is 0 Å². The smallest absolute Gasteiger partial charge is 0.141 e. The van der Waals surface area contributed by atoms with Crippen molar-refractivity contribution in [3.63, 3.8) is 0 Å². The maximum Gasteiger partial charge on any atom is 0.141 e. The summed E-state index contributed by atoms with van der Waals surface area (Å²) in [7, 11) is 0. The fourth-order valence-electron chi connectivity index (χ4n) is 5.28. The molecule has 0 aromatic heterocycles. The van der Waals surface area contributed by atoms with Gasteiger partial charge in [0.15, 0.2) is 0 Å². The van der Waals surface area contributed by atoms with Crippen molar-refractivity contribution >= 4 is 11.4 Å². The van der Waals surface area contributed by atoms with Crippen LogP contribution in [0.1, 0.15) is 38.9 Å². The summed E-state index contributed by atoms with van der Waals surface area (Å²) in [4.78, 5) is 0. The lowest BCUT2D eigenvalue weighted by molar-refractivity contribution is 0.473. The molecule has 5 rings (SSSR count). The first-order chi connectivity index (χ1) is 15.8. The molecule has 0 saturated carbocycles. The van der Waals surface area contributed by atoms with Crippen LogP contribution < -0.4 is 11.5 Å². The van der Waals surface area contributed by atoms with Gasteiger partial charge in [-0.15, -0.1) is 6.42 Å². The Hall–Kier alpha value is -4.36. The minimum atomic E-state index is -0.794. The van der Waals surface area contributed by atoms with Crippen molar-refractivity contribution in [2.24, 2.45) is 0 Å². The monoisotopic (exact) mass is 432 g/mol. The summed E-state index contributed by atoms with van der Waals surface area (Å²) in [6.07, 6.45) is 5.93. The highest BCUT2D eigenvalue weighted by molar-refractivity contribution is 5.90. The summed E-state index contributed by atoms with van der Waals surface area (Å²) in [5.74, 6) is 2.98. The van der Waals surface area contributed by atoms with Gasteiger partial charge in [-0.1, -0.05) is 54.5 Å². The molecule has 162 valence electrons. The van der Waals surface area contributed by atoms with E-state index in [0.29, 0.717) is 22.5 Å². The van der Waals surface area contributed by atoms with Crippen LogP contribution in [0.2, 0.25) is 0 Å². The number of hydrogen-bond acceptors (Lipinski definition) is 4. The van der Waals surface area contributed by atoms with Crippen molar-refractivity contribution in [2.75, 3.05) is 11.5 Å². The van der Waals surface area contributed by atoms with E-state index in [1.54, 1.807) is 0 Å². The van der Waals surface area contributed by atoms with E-state index in [1.807, 2.05) is 62.4 Å². The molecular formula is C29H24N2O2. The van der Waals surface area contributed by atoms with Gasteiger partial charge in [0, 0.05) is 11.1 Å². The molecule has 4 aromatic carbocycles. The first-order valence-corrected chi connectivity index (χ1v) is 10.7. The SMILES string of the molecule is C#Cc1cccc2c1-c1ccccc1C2(c1cc(C)c(O)c(N)c1)c1cc(C)c(O)c(N)c1. The lowest BCUT2D eigenvalue weighted by Gasteiger charge is -2.35. The molecule has 0 amide bonds. The molecule has 0 radical (unpaired) electrons. The molecule has 33 heavy (non-hydrogen) atoms. The number of terminal acetylenes is 1. The highest BCUT2D eigenvalue weighted by Gasteiger charge is 2.47. The highest BCUT2D eigenvalue weighted by Crippen LogP contribution is 2.58. The standard InChI is InChI=1S/C29H24N2O2/c1-4-18-8-7-11-23-26(18)21-9-5-6-10-22(21)29(23,19-12-16(2)27(32)24(30)14-19)20-13-17(3)28(33)25(31)15-20/h1,5-15,32-33H,30-31H2,2-3H3. The number of phenols is 2. The zero-order valence-electron chi connectivity index (χ0n) is 18.5. The molecule has 6 N–H and O–H groups in total. The number of benzene rings is 4. The molecule has 0 saturated heterocycles. The lowest BCUT2D eigenvalue weighted by atomic mass is 9.67. The number of rotatable bonds is 2. The van der Waals surface area contributed by atoms with Gasteiger partial charge in [0.2, 0.25) is 0 Å². The van der Waals surface area contributed by atoms with Crippen LogP contribution in [0.15, 0.2) is 66.7 Å². The minimum Gasteiger partial charge on any atom is -0.506 e. The summed E-state index contributed by atoms with van der Waals surface area (Å²) >= 11 is 0. The molecule has 4 aromatic rings. The van der Waals surface area contributed by atoms with E-state index >= 15 is 0 Å². The van der Waals surface area contributed by atoms with E-state index in [-0.39, 0.29) is 11.5 Å². The van der Waals surface area contributed by atoms with E-state index < -0.39 is 5.41 Å². The Kier molecular flexibility index (Phi) is 4.41. The van der Waals surface area contributed by atoms with Crippen molar-refractivity contribution < 1.29 is 10.2 Å². The summed E-state index contributed by atoms with van der Waals surface area (Å²) in [5.41, 5.74) is 20.3. The van der Waals surface area contributed by atoms with E-state index in [0.717, 1.165) is 38.9 Å². The highest BCUT2D eigenvalue weighted by atomic mass is 16.3. The fourth-order valence-corrected chi connectivity index (χ4v) is 5.28. The second-order valence-electron chi connectivity index (χ2n) is 8.63. The first kappa shape index (κ1) is 20.5. The first-order valence-electron chi connectivity index (χ1n) is 10.7. The Labute approximate surface area is 193 Å². The molecule has 4 nitrogen and oxygen atoms in total. The van der Waals surface area contributed by atoms with Crippen LogP contribution in [0.5, 0.6) is 11.5 Å². The van der Waals surface area contributed by atoms with Gasteiger partial charge in [0.1, 0.15) is 11.5 Å². The quantitative estimate of drug-likeness (QED) is 0.175. The third-order valence-corrected chi connectivity index (χ3v) is 6.75. The van der Waals surface area contributed by atoms with Crippen molar-refractivity contribution in [1.82, 2.24) is 0 Å². The molecule has 1 aliphatic rings. The Morgan fingerprint density at radius 2 is 1.30 bits per heavy atom. The maximum atomic E-state index is 10.4. The lowest BCUT2D eigenvalue weighted by Crippen LogP contribution is -2.29. The van der Waals surface area contributed by atoms with Crippen LogP contribution in [0, 0.1) is 26.2 Å². The molecular weight excluding hydrogens is 408 g/mol. The Morgan fingerprint density at radius 1 is 0.758 bits per heavy atom. The summed E-state index contributed by atoms with van der Waals surface area (Å²) in [5, 5.41) is 20.8. The van der Waals surface area contributed by atoms with Gasteiger partial charge in [-0.2, -0.15) is 0 Å². The van der Waals surface area contributed by atoms with Crippen molar-refractivity contribution in [1.29, 1.82) is 0 Å².